The van der Waals surface area contributed by atoms with E-state index in [0.29, 0.717) is 12.5 Å². The van der Waals surface area contributed by atoms with Crippen molar-refractivity contribution < 1.29 is 14.6 Å². The molecule has 13 heavy (non-hydrogen) atoms. The number of hydrogen-bond acceptors (Lipinski definition) is 3. The fourth-order valence-corrected chi connectivity index (χ4v) is 2.38. The molecule has 2 N–H and O–H groups in total. The van der Waals surface area contributed by atoms with Crippen molar-refractivity contribution in [3.63, 3.8) is 0 Å². The number of amides is 1. The number of rotatable bonds is 1. The minimum atomic E-state index is -0.244. The minimum Gasteiger partial charge on any atom is -0.393 e. The van der Waals surface area contributed by atoms with Crippen LogP contribution < -0.4 is 5.32 Å². The topological polar surface area (TPSA) is 58.6 Å². The van der Waals surface area contributed by atoms with Gasteiger partial charge in [0.25, 0.3) is 0 Å². The molecule has 0 bridgehead atoms. The first-order valence-corrected chi connectivity index (χ1v) is 4.73. The third-order valence-corrected chi connectivity index (χ3v) is 2.92. The fourth-order valence-electron chi connectivity index (χ4n) is 2.38. The van der Waals surface area contributed by atoms with Gasteiger partial charge in [0.05, 0.1) is 24.9 Å². The molecule has 1 amide bonds. The minimum absolute atomic E-state index is 0.0179. The molecule has 2 fully saturated rings. The molecule has 2 aliphatic rings. The molecule has 0 aromatic heterocycles. The molecule has 0 aromatic rings. The number of carbonyl (C=O) groups excluding carboxylic acids is 1. The number of hydrogen-bond donors (Lipinski definition) is 2. The summed E-state index contributed by atoms with van der Waals surface area (Å²) in [6.45, 7) is 2.11. The highest BCUT2D eigenvalue weighted by molar-refractivity contribution is 5.73. The normalized spacial score (nSPS) is 43.2. The quantitative estimate of drug-likeness (QED) is 0.587. The van der Waals surface area contributed by atoms with Gasteiger partial charge in [0.1, 0.15) is 0 Å². The van der Waals surface area contributed by atoms with E-state index in [9.17, 15) is 9.90 Å². The van der Waals surface area contributed by atoms with Gasteiger partial charge in [0, 0.05) is 12.8 Å². The Balaban J connectivity index is 1.96. The highest BCUT2D eigenvalue weighted by Crippen LogP contribution is 2.36. The van der Waals surface area contributed by atoms with Crippen LogP contribution in [-0.4, -0.2) is 35.9 Å². The van der Waals surface area contributed by atoms with E-state index in [1.807, 2.05) is 0 Å². The van der Waals surface area contributed by atoms with E-state index in [1.165, 1.54) is 6.92 Å². The third-order valence-electron chi connectivity index (χ3n) is 2.92. The van der Waals surface area contributed by atoms with Crippen molar-refractivity contribution in [1.82, 2.24) is 5.32 Å². The summed E-state index contributed by atoms with van der Waals surface area (Å²) in [5.74, 6) is 0.300. The predicted molar refractivity (Wildman–Crippen MR) is 46.1 cm³/mol. The molecule has 0 radical (unpaired) electrons. The zero-order chi connectivity index (χ0) is 9.42. The van der Waals surface area contributed by atoms with Crippen LogP contribution in [0.25, 0.3) is 0 Å². The van der Waals surface area contributed by atoms with Crippen LogP contribution in [0, 0.1) is 5.92 Å². The molecule has 1 aliphatic carbocycles. The lowest BCUT2D eigenvalue weighted by Gasteiger charge is -2.16. The molecule has 4 heteroatoms. The van der Waals surface area contributed by atoms with Crippen LogP contribution in [0.3, 0.4) is 0 Å². The average Bonchev–Trinajstić information content (AvgIpc) is 2.51. The Bertz CT molecular complexity index is 219. The van der Waals surface area contributed by atoms with Crippen molar-refractivity contribution in [3.8, 4) is 0 Å². The van der Waals surface area contributed by atoms with Crippen LogP contribution in [0.5, 0.6) is 0 Å². The van der Waals surface area contributed by atoms with Gasteiger partial charge in [-0.25, -0.2) is 0 Å². The van der Waals surface area contributed by atoms with Crippen molar-refractivity contribution in [2.45, 2.75) is 38.0 Å². The van der Waals surface area contributed by atoms with Crippen LogP contribution in [-0.2, 0) is 9.53 Å². The Morgan fingerprint density at radius 1 is 1.54 bits per heavy atom. The van der Waals surface area contributed by atoms with E-state index >= 15 is 0 Å². The number of ether oxygens (including phenoxy) is 1. The van der Waals surface area contributed by atoms with Crippen molar-refractivity contribution in [2.75, 3.05) is 6.61 Å². The average molecular weight is 185 g/mol. The monoisotopic (exact) mass is 185 g/mol. The van der Waals surface area contributed by atoms with Gasteiger partial charge in [0.15, 0.2) is 0 Å². The van der Waals surface area contributed by atoms with Crippen molar-refractivity contribution in [2.24, 2.45) is 5.92 Å². The highest BCUT2D eigenvalue weighted by atomic mass is 16.5. The molecule has 2 rings (SSSR count). The zero-order valence-electron chi connectivity index (χ0n) is 7.69. The molecule has 1 aliphatic heterocycles. The van der Waals surface area contributed by atoms with E-state index in [0.717, 1.165) is 12.8 Å². The molecule has 4 unspecified atom stereocenters. The van der Waals surface area contributed by atoms with Gasteiger partial charge < -0.3 is 15.2 Å². The molecule has 1 heterocycles. The summed E-state index contributed by atoms with van der Waals surface area (Å²) in [5, 5.41) is 12.3. The first kappa shape index (κ1) is 8.97. The van der Waals surface area contributed by atoms with Crippen LogP contribution in [0.4, 0.5) is 0 Å². The molecule has 4 nitrogen and oxygen atoms in total. The van der Waals surface area contributed by atoms with Crippen molar-refractivity contribution >= 4 is 5.91 Å². The van der Waals surface area contributed by atoms with Gasteiger partial charge >= 0.3 is 0 Å². The zero-order valence-corrected chi connectivity index (χ0v) is 7.69. The van der Waals surface area contributed by atoms with Crippen molar-refractivity contribution in [3.05, 3.63) is 0 Å². The summed E-state index contributed by atoms with van der Waals surface area (Å²) in [5.41, 5.74) is 0. The molecule has 1 saturated carbocycles. The fraction of sp³-hybridized carbons (Fsp3) is 0.889. The number of fused-ring (bicyclic) bond motifs is 1. The Kier molecular flexibility index (Phi) is 2.26. The van der Waals surface area contributed by atoms with E-state index in [1.54, 1.807) is 0 Å². The lowest BCUT2D eigenvalue weighted by Crippen LogP contribution is -2.38. The number of nitrogens with one attached hydrogen (secondary N) is 1. The van der Waals surface area contributed by atoms with Crippen LogP contribution in [0.15, 0.2) is 0 Å². The Morgan fingerprint density at radius 3 is 3.00 bits per heavy atom. The summed E-state index contributed by atoms with van der Waals surface area (Å²) >= 11 is 0. The number of aliphatic hydroxyl groups is 1. The van der Waals surface area contributed by atoms with Gasteiger partial charge in [-0.15, -0.1) is 0 Å². The second-order valence-electron chi connectivity index (χ2n) is 3.97. The first-order chi connectivity index (χ1) is 6.16. The van der Waals surface area contributed by atoms with Gasteiger partial charge in [-0.05, 0) is 12.8 Å². The number of carbonyl (C=O) groups is 1. The largest absolute Gasteiger partial charge is 0.393 e. The van der Waals surface area contributed by atoms with Gasteiger partial charge in [-0.2, -0.15) is 0 Å². The second-order valence-corrected chi connectivity index (χ2v) is 3.97. The van der Waals surface area contributed by atoms with E-state index in [4.69, 9.17) is 4.74 Å². The Morgan fingerprint density at radius 2 is 2.31 bits per heavy atom. The predicted octanol–water partition coefficient (Wildman–Crippen LogP) is -0.339. The Hall–Kier alpha value is -0.610. The Labute approximate surface area is 77.3 Å². The maximum atomic E-state index is 10.8. The first-order valence-electron chi connectivity index (χ1n) is 4.73. The van der Waals surface area contributed by atoms with Crippen LogP contribution in [0.1, 0.15) is 19.8 Å². The van der Waals surface area contributed by atoms with Gasteiger partial charge in [0.2, 0.25) is 5.91 Å². The molecule has 4 atom stereocenters. The molecular formula is C9H15NO3. The third kappa shape index (κ3) is 1.69. The van der Waals surface area contributed by atoms with E-state index in [-0.39, 0.29) is 24.2 Å². The summed E-state index contributed by atoms with van der Waals surface area (Å²) in [4.78, 5) is 10.8. The maximum Gasteiger partial charge on any atom is 0.217 e. The van der Waals surface area contributed by atoms with Crippen LogP contribution in [0.2, 0.25) is 0 Å². The summed E-state index contributed by atoms with van der Waals surface area (Å²) in [6, 6.07) is 0.111. The summed E-state index contributed by atoms with van der Waals surface area (Å²) in [6.07, 6.45) is 1.40. The SMILES string of the molecule is CC(=O)NC1COC2CC(O)CC12. The summed E-state index contributed by atoms with van der Waals surface area (Å²) in [7, 11) is 0. The van der Waals surface area contributed by atoms with Crippen molar-refractivity contribution in [1.29, 1.82) is 0 Å². The molecule has 74 valence electrons. The standard InChI is InChI=1S/C9H15NO3/c1-5(11)10-8-4-13-9-3-6(12)2-7(8)9/h6-9,12H,2-4H2,1H3,(H,10,11). The van der Waals surface area contributed by atoms with Gasteiger partial charge in [-0.1, -0.05) is 0 Å². The lowest BCUT2D eigenvalue weighted by atomic mass is 9.99. The summed E-state index contributed by atoms with van der Waals surface area (Å²) < 4.78 is 5.49. The van der Waals surface area contributed by atoms with Crippen LogP contribution >= 0.6 is 0 Å². The van der Waals surface area contributed by atoms with Gasteiger partial charge in [-0.3, -0.25) is 4.79 Å². The highest BCUT2D eigenvalue weighted by Gasteiger charge is 2.44. The number of aliphatic hydroxyl groups excluding tert-OH is 1. The molecule has 0 spiro atoms. The van der Waals surface area contributed by atoms with E-state index in [2.05, 4.69) is 5.32 Å². The molecular weight excluding hydrogens is 170 g/mol. The van der Waals surface area contributed by atoms with E-state index < -0.39 is 0 Å². The molecule has 0 aromatic carbocycles. The maximum absolute atomic E-state index is 10.8. The molecule has 1 saturated heterocycles. The smallest absolute Gasteiger partial charge is 0.217 e. The second kappa shape index (κ2) is 3.27. The lowest BCUT2D eigenvalue weighted by molar-refractivity contribution is -0.119.